The van der Waals surface area contributed by atoms with Crippen LogP contribution in [0.1, 0.15) is 32.4 Å². The van der Waals surface area contributed by atoms with Gasteiger partial charge in [0.15, 0.2) is 0 Å². The summed E-state index contributed by atoms with van der Waals surface area (Å²) in [5, 5.41) is 0.499. The molecule has 14 heavy (non-hydrogen) atoms. The molecule has 1 unspecified atom stereocenters. The molecule has 3 N–H and O–H groups in total. The first kappa shape index (κ1) is 11.4. The van der Waals surface area contributed by atoms with Gasteiger partial charge >= 0.3 is 0 Å². The predicted octanol–water partition coefficient (Wildman–Crippen LogP) is 2.29. The monoisotopic (exact) mass is 213 g/mol. The van der Waals surface area contributed by atoms with Crippen LogP contribution in [0.3, 0.4) is 0 Å². The molecule has 0 aromatic carbocycles. The maximum absolute atomic E-state index is 5.71. The van der Waals surface area contributed by atoms with Crippen LogP contribution < -0.4 is 11.3 Å². The highest BCUT2D eigenvalue weighted by Gasteiger charge is 2.25. The Kier molecular flexibility index (Phi) is 3.48. The third-order valence-electron chi connectivity index (χ3n) is 2.12. The van der Waals surface area contributed by atoms with E-state index in [4.69, 9.17) is 17.4 Å². The largest absolute Gasteiger partial charge is 0.271 e. The van der Waals surface area contributed by atoms with E-state index in [1.165, 1.54) is 0 Å². The minimum atomic E-state index is 0.0459. The molecule has 1 heterocycles. The molecule has 1 aromatic rings. The highest BCUT2D eigenvalue weighted by molar-refractivity contribution is 6.29. The molecule has 1 aromatic heterocycles. The molecule has 0 aliphatic heterocycles. The standard InChI is InChI=1S/C10H16ClN3/c1-10(2,3)9(14-12)7-4-5-8(11)13-6-7/h4-6,9,14H,12H2,1-3H3. The Morgan fingerprint density at radius 2 is 2.07 bits per heavy atom. The van der Waals surface area contributed by atoms with Crippen LogP contribution in [0.5, 0.6) is 0 Å². The van der Waals surface area contributed by atoms with E-state index in [9.17, 15) is 0 Å². The number of hydrogen-bond donors (Lipinski definition) is 2. The van der Waals surface area contributed by atoms with E-state index in [-0.39, 0.29) is 11.5 Å². The van der Waals surface area contributed by atoms with Crippen molar-refractivity contribution in [3.63, 3.8) is 0 Å². The molecule has 78 valence electrons. The highest BCUT2D eigenvalue weighted by atomic mass is 35.5. The number of aromatic nitrogens is 1. The van der Waals surface area contributed by atoms with Gasteiger partial charge in [-0.1, -0.05) is 38.4 Å². The number of hydrogen-bond acceptors (Lipinski definition) is 3. The number of halogens is 1. The van der Waals surface area contributed by atoms with E-state index in [2.05, 4.69) is 31.2 Å². The van der Waals surface area contributed by atoms with Gasteiger partial charge in [0.25, 0.3) is 0 Å². The van der Waals surface area contributed by atoms with Crippen molar-refractivity contribution in [2.24, 2.45) is 11.3 Å². The van der Waals surface area contributed by atoms with Gasteiger partial charge in [0.2, 0.25) is 0 Å². The van der Waals surface area contributed by atoms with E-state index in [1.54, 1.807) is 12.3 Å². The predicted molar refractivity (Wildman–Crippen MR) is 58.8 cm³/mol. The van der Waals surface area contributed by atoms with E-state index in [1.807, 2.05) is 6.07 Å². The number of hydrazine groups is 1. The first-order valence-corrected chi connectivity index (χ1v) is 4.90. The zero-order valence-electron chi connectivity index (χ0n) is 8.71. The quantitative estimate of drug-likeness (QED) is 0.450. The Labute approximate surface area is 89.6 Å². The molecule has 0 bridgehead atoms. The second kappa shape index (κ2) is 4.26. The lowest BCUT2D eigenvalue weighted by Crippen LogP contribution is -2.36. The molecule has 0 amide bonds. The fourth-order valence-corrected chi connectivity index (χ4v) is 1.52. The third kappa shape index (κ3) is 2.67. The summed E-state index contributed by atoms with van der Waals surface area (Å²) >= 11 is 5.71. The van der Waals surface area contributed by atoms with Crippen LogP contribution in [0, 0.1) is 5.41 Å². The fraction of sp³-hybridized carbons (Fsp3) is 0.500. The normalized spacial score (nSPS) is 14.1. The van der Waals surface area contributed by atoms with Gasteiger partial charge in [-0.25, -0.2) is 4.98 Å². The van der Waals surface area contributed by atoms with Gasteiger partial charge < -0.3 is 0 Å². The smallest absolute Gasteiger partial charge is 0.129 e. The van der Waals surface area contributed by atoms with Crippen LogP contribution in [0.25, 0.3) is 0 Å². The number of rotatable bonds is 2. The minimum absolute atomic E-state index is 0.0459. The average Bonchev–Trinajstić information content (AvgIpc) is 2.07. The zero-order chi connectivity index (χ0) is 10.8. The summed E-state index contributed by atoms with van der Waals surface area (Å²) in [6.45, 7) is 6.35. The summed E-state index contributed by atoms with van der Waals surface area (Å²) in [7, 11) is 0. The van der Waals surface area contributed by atoms with Crippen LogP contribution in [0.2, 0.25) is 5.15 Å². The van der Waals surface area contributed by atoms with Gasteiger partial charge in [0.1, 0.15) is 5.15 Å². The molecule has 0 saturated carbocycles. The van der Waals surface area contributed by atoms with Gasteiger partial charge in [-0.2, -0.15) is 0 Å². The summed E-state index contributed by atoms with van der Waals surface area (Å²) < 4.78 is 0. The lowest BCUT2D eigenvalue weighted by Gasteiger charge is -2.30. The average molecular weight is 214 g/mol. The van der Waals surface area contributed by atoms with Crippen molar-refractivity contribution in [3.8, 4) is 0 Å². The molecule has 4 heteroatoms. The Balaban J connectivity index is 2.96. The van der Waals surface area contributed by atoms with Crippen molar-refractivity contribution < 1.29 is 0 Å². The van der Waals surface area contributed by atoms with Gasteiger partial charge in [-0.15, -0.1) is 0 Å². The maximum atomic E-state index is 5.71. The molecular formula is C10H16ClN3. The molecule has 0 fully saturated rings. The van der Waals surface area contributed by atoms with Gasteiger partial charge in [0, 0.05) is 6.20 Å². The molecule has 3 nitrogen and oxygen atoms in total. The maximum Gasteiger partial charge on any atom is 0.129 e. The molecule has 0 radical (unpaired) electrons. The van der Waals surface area contributed by atoms with Crippen molar-refractivity contribution in [2.45, 2.75) is 26.8 Å². The summed E-state index contributed by atoms with van der Waals surface area (Å²) in [5.74, 6) is 5.52. The summed E-state index contributed by atoms with van der Waals surface area (Å²) in [5.41, 5.74) is 3.89. The first-order valence-electron chi connectivity index (χ1n) is 4.52. The first-order chi connectivity index (χ1) is 6.45. The topological polar surface area (TPSA) is 50.9 Å². The van der Waals surface area contributed by atoms with Crippen LogP contribution in [-0.2, 0) is 0 Å². The number of pyridine rings is 1. The van der Waals surface area contributed by atoms with Crippen molar-refractivity contribution >= 4 is 11.6 Å². The van der Waals surface area contributed by atoms with E-state index >= 15 is 0 Å². The second-order valence-electron chi connectivity index (χ2n) is 4.38. The molecule has 0 aliphatic rings. The van der Waals surface area contributed by atoms with Crippen molar-refractivity contribution in [3.05, 3.63) is 29.0 Å². The third-order valence-corrected chi connectivity index (χ3v) is 2.34. The lowest BCUT2D eigenvalue weighted by atomic mass is 9.83. The second-order valence-corrected chi connectivity index (χ2v) is 4.77. The summed E-state index contributed by atoms with van der Waals surface area (Å²) in [6.07, 6.45) is 1.75. The molecule has 1 rings (SSSR count). The van der Waals surface area contributed by atoms with Crippen LogP contribution in [0.15, 0.2) is 18.3 Å². The Morgan fingerprint density at radius 3 is 2.43 bits per heavy atom. The zero-order valence-corrected chi connectivity index (χ0v) is 9.47. The molecule has 1 atom stereocenters. The molecule has 0 aliphatic carbocycles. The molecule has 0 saturated heterocycles. The van der Waals surface area contributed by atoms with Gasteiger partial charge in [-0.05, 0) is 17.0 Å². The van der Waals surface area contributed by atoms with E-state index < -0.39 is 0 Å². The van der Waals surface area contributed by atoms with Crippen molar-refractivity contribution in [2.75, 3.05) is 0 Å². The lowest BCUT2D eigenvalue weighted by molar-refractivity contribution is 0.275. The van der Waals surface area contributed by atoms with E-state index in [0.717, 1.165) is 5.56 Å². The van der Waals surface area contributed by atoms with Crippen molar-refractivity contribution in [1.29, 1.82) is 0 Å². The summed E-state index contributed by atoms with van der Waals surface area (Å²) in [6, 6.07) is 3.78. The van der Waals surface area contributed by atoms with Crippen LogP contribution in [-0.4, -0.2) is 4.98 Å². The fourth-order valence-electron chi connectivity index (χ4n) is 1.40. The van der Waals surface area contributed by atoms with Crippen LogP contribution >= 0.6 is 11.6 Å². The summed E-state index contributed by atoms with van der Waals surface area (Å²) in [4.78, 5) is 4.03. The van der Waals surface area contributed by atoms with Gasteiger partial charge in [0.05, 0.1) is 6.04 Å². The van der Waals surface area contributed by atoms with Crippen LogP contribution in [0.4, 0.5) is 0 Å². The SMILES string of the molecule is CC(C)(C)C(NN)c1ccc(Cl)nc1. The number of nitrogens with two attached hydrogens (primary N) is 1. The molecule has 0 spiro atoms. The number of nitrogens with one attached hydrogen (secondary N) is 1. The van der Waals surface area contributed by atoms with E-state index in [0.29, 0.717) is 5.15 Å². The van der Waals surface area contributed by atoms with Gasteiger partial charge in [-0.3, -0.25) is 11.3 Å². The Bertz CT molecular complexity index is 289. The molecular weight excluding hydrogens is 198 g/mol. The highest BCUT2D eigenvalue weighted by Crippen LogP contribution is 2.31. The Hall–Kier alpha value is -0.640. The van der Waals surface area contributed by atoms with Crippen molar-refractivity contribution in [1.82, 2.24) is 10.4 Å². The Morgan fingerprint density at radius 1 is 1.43 bits per heavy atom. The number of nitrogens with zero attached hydrogens (tertiary/aromatic N) is 1. The minimum Gasteiger partial charge on any atom is -0.271 e.